The van der Waals surface area contributed by atoms with Crippen LogP contribution in [0.25, 0.3) is 0 Å². The fourth-order valence-electron chi connectivity index (χ4n) is 3.01. The number of rotatable bonds is 4. The zero-order valence-corrected chi connectivity index (χ0v) is 12.8. The molecule has 0 aliphatic carbocycles. The zero-order valence-electron chi connectivity index (χ0n) is 12.8. The second-order valence-corrected chi connectivity index (χ2v) is 5.58. The van der Waals surface area contributed by atoms with Crippen LogP contribution in [0.15, 0.2) is 12.1 Å². The summed E-state index contributed by atoms with van der Waals surface area (Å²) in [7, 11) is 1.46. The van der Waals surface area contributed by atoms with Crippen LogP contribution in [0.5, 0.6) is 17.2 Å². The third kappa shape index (κ3) is 3.64. The summed E-state index contributed by atoms with van der Waals surface area (Å²) in [6, 6.07) is 2.48. The number of alkyl halides is 3. The van der Waals surface area contributed by atoms with Crippen LogP contribution < -0.4 is 19.5 Å². The second-order valence-electron chi connectivity index (χ2n) is 5.58. The highest BCUT2D eigenvalue weighted by Gasteiger charge is 2.37. The Morgan fingerprint density at radius 3 is 2.65 bits per heavy atom. The molecule has 1 N–H and O–H groups in total. The molecule has 3 rings (SSSR count). The maximum atomic E-state index is 13.1. The van der Waals surface area contributed by atoms with Crippen LogP contribution in [0.4, 0.5) is 13.2 Å². The van der Waals surface area contributed by atoms with E-state index in [9.17, 15) is 13.2 Å². The minimum absolute atomic E-state index is 0.0483. The normalized spacial score (nSPS) is 19.7. The summed E-state index contributed by atoms with van der Waals surface area (Å²) >= 11 is 0. The lowest BCUT2D eigenvalue weighted by Gasteiger charge is -2.35. The summed E-state index contributed by atoms with van der Waals surface area (Å²) < 4.78 is 55.1. The third-order valence-corrected chi connectivity index (χ3v) is 4.08. The average Bonchev–Trinajstić information content (AvgIpc) is 3.00. The molecule has 1 fully saturated rings. The van der Waals surface area contributed by atoms with Crippen molar-refractivity contribution in [3.05, 3.63) is 17.7 Å². The molecular weight excluding hydrogens is 313 g/mol. The van der Waals surface area contributed by atoms with Gasteiger partial charge in [-0.15, -0.1) is 0 Å². The van der Waals surface area contributed by atoms with Gasteiger partial charge >= 0.3 is 6.18 Å². The van der Waals surface area contributed by atoms with Gasteiger partial charge in [-0.25, -0.2) is 0 Å². The largest absolute Gasteiger partial charge is 0.493 e. The van der Waals surface area contributed by atoms with E-state index >= 15 is 0 Å². The number of ether oxygens (including phenoxy) is 3. The van der Waals surface area contributed by atoms with Crippen molar-refractivity contribution in [1.82, 2.24) is 10.2 Å². The molecule has 0 spiro atoms. The molecule has 128 valence electrons. The van der Waals surface area contributed by atoms with Crippen LogP contribution in [-0.4, -0.2) is 51.2 Å². The quantitative estimate of drug-likeness (QED) is 0.917. The molecule has 1 atom stereocenters. The fourth-order valence-corrected chi connectivity index (χ4v) is 3.01. The first-order valence-electron chi connectivity index (χ1n) is 7.47. The predicted octanol–water partition coefficient (Wildman–Crippen LogP) is 2.32. The molecule has 0 radical (unpaired) electrons. The molecule has 1 aromatic carbocycles. The van der Waals surface area contributed by atoms with E-state index in [0.29, 0.717) is 49.0 Å². The average molecular weight is 332 g/mol. The van der Waals surface area contributed by atoms with Gasteiger partial charge in [-0.05, 0) is 17.7 Å². The van der Waals surface area contributed by atoms with E-state index in [0.717, 1.165) is 0 Å². The van der Waals surface area contributed by atoms with Crippen molar-refractivity contribution in [1.29, 1.82) is 0 Å². The van der Waals surface area contributed by atoms with Crippen LogP contribution in [-0.2, 0) is 0 Å². The van der Waals surface area contributed by atoms with Gasteiger partial charge in [-0.1, -0.05) is 0 Å². The van der Waals surface area contributed by atoms with Crippen molar-refractivity contribution in [2.45, 2.75) is 18.6 Å². The first kappa shape index (κ1) is 16.2. The topological polar surface area (TPSA) is 43.0 Å². The maximum absolute atomic E-state index is 13.1. The van der Waals surface area contributed by atoms with Gasteiger partial charge in [0.25, 0.3) is 0 Å². The van der Waals surface area contributed by atoms with Gasteiger partial charge in [0, 0.05) is 32.2 Å². The minimum atomic E-state index is -4.25. The van der Waals surface area contributed by atoms with Crippen LogP contribution in [0.3, 0.4) is 0 Å². The third-order valence-electron chi connectivity index (χ3n) is 4.08. The van der Waals surface area contributed by atoms with Crippen molar-refractivity contribution < 1.29 is 27.4 Å². The molecule has 0 aromatic heterocycles. The van der Waals surface area contributed by atoms with Gasteiger partial charge in [-0.3, -0.25) is 4.90 Å². The number of fused-ring (bicyclic) bond motifs is 1. The van der Waals surface area contributed by atoms with Crippen LogP contribution in [0.1, 0.15) is 18.0 Å². The molecule has 2 heterocycles. The van der Waals surface area contributed by atoms with E-state index in [1.807, 2.05) is 4.90 Å². The molecule has 2 aliphatic rings. The molecule has 23 heavy (non-hydrogen) atoms. The lowest BCUT2D eigenvalue weighted by atomic mass is 9.99. The Bertz CT molecular complexity index is 560. The predicted molar refractivity (Wildman–Crippen MR) is 77.0 cm³/mol. The molecule has 8 heteroatoms. The summed E-state index contributed by atoms with van der Waals surface area (Å²) in [6.07, 6.45) is -5.16. The summed E-state index contributed by atoms with van der Waals surface area (Å²) in [5, 5.41) is 3.16. The van der Waals surface area contributed by atoms with Gasteiger partial charge in [0.05, 0.1) is 13.5 Å². The Morgan fingerprint density at radius 2 is 2.00 bits per heavy atom. The van der Waals surface area contributed by atoms with Crippen molar-refractivity contribution in [3.8, 4) is 17.2 Å². The van der Waals surface area contributed by atoms with Crippen molar-refractivity contribution in [2.24, 2.45) is 0 Å². The highest BCUT2D eigenvalue weighted by Crippen LogP contribution is 2.45. The Labute approximate surface area is 132 Å². The van der Waals surface area contributed by atoms with E-state index in [2.05, 4.69) is 5.32 Å². The van der Waals surface area contributed by atoms with E-state index in [4.69, 9.17) is 14.2 Å². The van der Waals surface area contributed by atoms with Gasteiger partial charge < -0.3 is 19.5 Å². The van der Waals surface area contributed by atoms with Gasteiger partial charge in [-0.2, -0.15) is 13.2 Å². The molecule has 1 aromatic rings. The number of benzene rings is 1. The molecular formula is C15H19F3N2O3. The standard InChI is InChI=1S/C15H19F3N2O3/c1-21-12-6-10(7-13-14(12)23-9-22-13)11(8-15(16,17)18)20-4-2-19-3-5-20/h6-7,11,19H,2-5,8-9H2,1H3/t11-/m1/s1. The lowest BCUT2D eigenvalue weighted by Crippen LogP contribution is -2.46. The Morgan fingerprint density at radius 1 is 1.26 bits per heavy atom. The summed E-state index contributed by atoms with van der Waals surface area (Å²) in [5.74, 6) is 1.28. The van der Waals surface area contributed by atoms with Crippen molar-refractivity contribution >= 4 is 0 Å². The maximum Gasteiger partial charge on any atom is 0.390 e. The van der Waals surface area contributed by atoms with E-state index < -0.39 is 18.6 Å². The number of methoxy groups -OCH3 is 1. The Hall–Kier alpha value is -1.67. The van der Waals surface area contributed by atoms with Crippen LogP contribution in [0.2, 0.25) is 0 Å². The number of nitrogens with zero attached hydrogens (tertiary/aromatic N) is 1. The monoisotopic (exact) mass is 332 g/mol. The summed E-state index contributed by atoms with van der Waals surface area (Å²) in [6.45, 7) is 2.54. The minimum Gasteiger partial charge on any atom is -0.493 e. The van der Waals surface area contributed by atoms with E-state index in [-0.39, 0.29) is 6.79 Å². The highest BCUT2D eigenvalue weighted by molar-refractivity contribution is 5.55. The van der Waals surface area contributed by atoms with Crippen molar-refractivity contribution in [2.75, 3.05) is 40.1 Å². The van der Waals surface area contributed by atoms with Crippen molar-refractivity contribution in [3.63, 3.8) is 0 Å². The Kier molecular flexibility index (Phi) is 4.54. The number of hydrogen-bond acceptors (Lipinski definition) is 5. The zero-order chi connectivity index (χ0) is 16.4. The first-order chi connectivity index (χ1) is 11.0. The number of piperazine rings is 1. The van der Waals surface area contributed by atoms with Gasteiger partial charge in [0.2, 0.25) is 12.5 Å². The number of nitrogens with one attached hydrogen (secondary N) is 1. The summed E-state index contributed by atoms with van der Waals surface area (Å²) in [4.78, 5) is 1.85. The SMILES string of the molecule is COc1cc([C@@H](CC(F)(F)F)N2CCNCC2)cc2c1OCO2. The molecule has 0 unspecified atom stereocenters. The number of halogens is 3. The first-order valence-corrected chi connectivity index (χ1v) is 7.47. The van der Waals surface area contributed by atoms with E-state index in [1.165, 1.54) is 7.11 Å². The van der Waals surface area contributed by atoms with Crippen LogP contribution >= 0.6 is 0 Å². The second kappa shape index (κ2) is 6.45. The smallest absolute Gasteiger partial charge is 0.390 e. The Balaban J connectivity index is 1.95. The molecule has 5 nitrogen and oxygen atoms in total. The molecule has 0 saturated carbocycles. The summed E-state index contributed by atoms with van der Waals surface area (Å²) in [5.41, 5.74) is 0.533. The molecule has 2 aliphatic heterocycles. The lowest BCUT2D eigenvalue weighted by molar-refractivity contribution is -0.148. The number of hydrogen-bond donors (Lipinski definition) is 1. The van der Waals surface area contributed by atoms with Crippen LogP contribution in [0, 0.1) is 0 Å². The fraction of sp³-hybridized carbons (Fsp3) is 0.600. The van der Waals surface area contributed by atoms with Gasteiger partial charge in [0.15, 0.2) is 11.5 Å². The highest BCUT2D eigenvalue weighted by atomic mass is 19.4. The molecule has 0 bridgehead atoms. The molecule has 0 amide bonds. The van der Waals surface area contributed by atoms with Gasteiger partial charge in [0.1, 0.15) is 0 Å². The van der Waals surface area contributed by atoms with E-state index in [1.54, 1.807) is 12.1 Å². The molecule has 1 saturated heterocycles.